The number of hydrogen-bond donors (Lipinski definition) is 0. The predicted molar refractivity (Wildman–Crippen MR) is 84.8 cm³/mol. The second-order valence-corrected chi connectivity index (χ2v) is 6.34. The lowest BCUT2D eigenvalue weighted by Crippen LogP contribution is -2.22. The Kier molecular flexibility index (Phi) is 2.75. The highest BCUT2D eigenvalue weighted by molar-refractivity contribution is 6.45. The Morgan fingerprint density at radius 2 is 1.55 bits per heavy atom. The molecule has 0 spiro atoms. The summed E-state index contributed by atoms with van der Waals surface area (Å²) in [5.41, 5.74) is 4.54. The molecule has 2 aromatic rings. The van der Waals surface area contributed by atoms with E-state index in [0.29, 0.717) is 0 Å². The van der Waals surface area contributed by atoms with E-state index in [4.69, 9.17) is 11.6 Å². The van der Waals surface area contributed by atoms with Gasteiger partial charge in [0.15, 0.2) is 0 Å². The van der Waals surface area contributed by atoms with Gasteiger partial charge in [-0.2, -0.15) is 0 Å². The molecular weight excluding hydrogens is 264 g/mol. The van der Waals surface area contributed by atoms with Crippen molar-refractivity contribution in [3.8, 4) is 0 Å². The van der Waals surface area contributed by atoms with Gasteiger partial charge in [0.2, 0.25) is 0 Å². The van der Waals surface area contributed by atoms with Crippen LogP contribution in [-0.4, -0.2) is 0 Å². The zero-order chi connectivity index (χ0) is 13.7. The van der Waals surface area contributed by atoms with Gasteiger partial charge in [-0.15, -0.1) is 0 Å². The predicted octanol–water partition coefficient (Wildman–Crippen LogP) is 3.38. The zero-order valence-corrected chi connectivity index (χ0v) is 12.4. The fourth-order valence-corrected chi connectivity index (χ4v) is 4.00. The van der Waals surface area contributed by atoms with E-state index >= 15 is 0 Å². The van der Waals surface area contributed by atoms with E-state index in [2.05, 4.69) is 43.3 Å². The Labute approximate surface area is 123 Å². The van der Waals surface area contributed by atoms with Crippen LogP contribution >= 0.6 is 11.6 Å². The second-order valence-electron chi connectivity index (χ2n) is 5.88. The minimum absolute atomic E-state index is 0.893. The van der Waals surface area contributed by atoms with Crippen LogP contribution in [0.25, 0.3) is 10.6 Å². The first-order valence-corrected chi connectivity index (χ1v) is 7.72. The van der Waals surface area contributed by atoms with Crippen molar-refractivity contribution in [3.05, 3.63) is 68.4 Å². The fourth-order valence-electron chi connectivity index (χ4n) is 3.70. The molecule has 0 radical (unpaired) electrons. The molecule has 4 rings (SSSR count). The van der Waals surface area contributed by atoms with E-state index in [1.165, 1.54) is 51.3 Å². The van der Waals surface area contributed by atoms with Crippen LogP contribution in [-0.2, 0) is 12.8 Å². The van der Waals surface area contributed by atoms with Gasteiger partial charge >= 0.3 is 0 Å². The van der Waals surface area contributed by atoms with Crippen LogP contribution in [0.4, 0.5) is 0 Å². The summed E-state index contributed by atoms with van der Waals surface area (Å²) in [5.74, 6) is 0. The molecule has 2 aliphatic rings. The van der Waals surface area contributed by atoms with E-state index in [1.807, 2.05) is 0 Å². The molecule has 0 unspecified atom stereocenters. The fraction of sp³-hybridized carbons (Fsp3) is 0.263. The molecule has 2 aromatic carbocycles. The first-order valence-electron chi connectivity index (χ1n) is 7.34. The Morgan fingerprint density at radius 1 is 0.800 bits per heavy atom. The second kappa shape index (κ2) is 4.49. The summed E-state index contributed by atoms with van der Waals surface area (Å²) in [7, 11) is 0. The maximum Gasteiger partial charge on any atom is 0.0303 e. The number of hydrogen-bond acceptors (Lipinski definition) is 0. The van der Waals surface area contributed by atoms with Gasteiger partial charge in [0.25, 0.3) is 0 Å². The summed E-state index contributed by atoms with van der Waals surface area (Å²) in [6, 6.07) is 13.1. The molecule has 100 valence electrons. The topological polar surface area (TPSA) is 0 Å². The lowest BCUT2D eigenvalue weighted by molar-refractivity contribution is 0.805. The highest BCUT2D eigenvalue weighted by Gasteiger charge is 2.16. The highest BCUT2D eigenvalue weighted by Crippen LogP contribution is 2.24. The molecule has 0 nitrogen and oxygen atoms in total. The Bertz CT molecular complexity index is 919. The Hall–Kier alpha value is -1.53. The van der Waals surface area contributed by atoms with Gasteiger partial charge in [-0.1, -0.05) is 53.6 Å². The normalized spacial score (nSPS) is 16.5. The number of halogens is 1. The van der Waals surface area contributed by atoms with Crippen molar-refractivity contribution in [1.29, 1.82) is 0 Å². The Morgan fingerprint density at radius 3 is 2.40 bits per heavy atom. The van der Waals surface area contributed by atoms with E-state index in [-0.39, 0.29) is 0 Å². The van der Waals surface area contributed by atoms with Crippen molar-refractivity contribution < 1.29 is 0 Å². The summed E-state index contributed by atoms with van der Waals surface area (Å²) in [6.45, 7) is 2.27. The summed E-state index contributed by atoms with van der Waals surface area (Å²) in [4.78, 5) is 0. The molecule has 0 fully saturated rings. The smallest absolute Gasteiger partial charge is 0.0303 e. The number of benzene rings is 2. The molecule has 0 aromatic heterocycles. The van der Waals surface area contributed by atoms with Crippen LogP contribution in [0.5, 0.6) is 0 Å². The van der Waals surface area contributed by atoms with Gasteiger partial charge in [0.1, 0.15) is 0 Å². The molecule has 0 N–H and O–H groups in total. The van der Waals surface area contributed by atoms with Crippen molar-refractivity contribution in [3.63, 3.8) is 0 Å². The minimum Gasteiger partial charge on any atom is -0.0881 e. The van der Waals surface area contributed by atoms with E-state index < -0.39 is 0 Å². The van der Waals surface area contributed by atoms with Crippen LogP contribution in [0.1, 0.15) is 30.9 Å². The number of rotatable bonds is 0. The van der Waals surface area contributed by atoms with Gasteiger partial charge < -0.3 is 0 Å². The first-order chi connectivity index (χ1) is 9.75. The van der Waals surface area contributed by atoms with E-state index in [0.717, 1.165) is 11.5 Å². The zero-order valence-electron chi connectivity index (χ0n) is 11.7. The van der Waals surface area contributed by atoms with Gasteiger partial charge in [-0.3, -0.25) is 0 Å². The third kappa shape index (κ3) is 1.68. The van der Waals surface area contributed by atoms with Crippen molar-refractivity contribution in [1.82, 2.24) is 0 Å². The molecule has 0 saturated carbocycles. The van der Waals surface area contributed by atoms with Crippen LogP contribution < -0.4 is 10.4 Å². The SMILES string of the molecule is CC1=c2ccc3c(c2CCC1)CC(Cl)=c1ccccc1=3. The van der Waals surface area contributed by atoms with Crippen molar-refractivity contribution >= 4 is 22.2 Å². The molecule has 1 heteroatoms. The van der Waals surface area contributed by atoms with Gasteiger partial charge in [-0.05, 0) is 58.2 Å². The average molecular weight is 281 g/mol. The maximum absolute atomic E-state index is 6.56. The lowest BCUT2D eigenvalue weighted by atomic mass is 9.86. The number of fused-ring (bicyclic) bond motifs is 4. The summed E-state index contributed by atoms with van der Waals surface area (Å²) in [6.07, 6.45) is 4.60. The summed E-state index contributed by atoms with van der Waals surface area (Å²) >= 11 is 6.56. The molecule has 0 bridgehead atoms. The minimum atomic E-state index is 0.893. The van der Waals surface area contributed by atoms with Gasteiger partial charge in [0, 0.05) is 11.5 Å². The van der Waals surface area contributed by atoms with Crippen molar-refractivity contribution in [2.24, 2.45) is 0 Å². The van der Waals surface area contributed by atoms with Gasteiger partial charge in [0.05, 0.1) is 0 Å². The Balaban J connectivity index is 2.26. The molecule has 0 amide bonds. The molecule has 0 heterocycles. The maximum atomic E-state index is 6.56. The van der Waals surface area contributed by atoms with Crippen molar-refractivity contribution in [2.45, 2.75) is 32.6 Å². The molecular formula is C19H17Cl. The molecule has 0 saturated heterocycles. The van der Waals surface area contributed by atoms with Crippen LogP contribution in [0, 0.1) is 10.4 Å². The quantitative estimate of drug-likeness (QED) is 0.694. The van der Waals surface area contributed by atoms with Crippen LogP contribution in [0.15, 0.2) is 36.4 Å². The molecule has 2 aliphatic carbocycles. The summed E-state index contributed by atoms with van der Waals surface area (Å²) in [5, 5.41) is 6.35. The first kappa shape index (κ1) is 12.2. The van der Waals surface area contributed by atoms with Crippen molar-refractivity contribution in [2.75, 3.05) is 0 Å². The van der Waals surface area contributed by atoms with Crippen LogP contribution in [0.2, 0.25) is 0 Å². The van der Waals surface area contributed by atoms with Gasteiger partial charge in [-0.25, -0.2) is 0 Å². The molecule has 0 aliphatic heterocycles. The standard InChI is InChI=1S/C19H17Cl/c1-12-5-4-8-14-13(12)9-10-16-15-6-2-3-7-17(15)19(20)11-18(14)16/h2-3,6-7,9-10H,4-5,8,11H2,1H3. The van der Waals surface area contributed by atoms with Crippen LogP contribution in [0.3, 0.4) is 0 Å². The third-order valence-corrected chi connectivity index (χ3v) is 5.05. The molecule has 0 atom stereocenters. The monoisotopic (exact) mass is 280 g/mol. The molecule has 20 heavy (non-hydrogen) atoms. The largest absolute Gasteiger partial charge is 0.0881 e. The highest BCUT2D eigenvalue weighted by atomic mass is 35.5. The lowest BCUT2D eigenvalue weighted by Gasteiger charge is -2.19. The third-order valence-electron chi connectivity index (χ3n) is 4.71. The average Bonchev–Trinajstić information content (AvgIpc) is 2.48. The van der Waals surface area contributed by atoms with E-state index in [1.54, 1.807) is 5.56 Å². The van der Waals surface area contributed by atoms with E-state index in [9.17, 15) is 0 Å². The summed E-state index contributed by atoms with van der Waals surface area (Å²) < 4.78 is 0.